The summed E-state index contributed by atoms with van der Waals surface area (Å²) >= 11 is 0. The molecule has 0 saturated heterocycles. The first-order valence-electron chi connectivity index (χ1n) is 7.99. The SMILES string of the molecule is Cc1ccc(NC(=O)C2CC3C[C@H]3C2)cc1-c1ncc(F)cn1. The Morgan fingerprint density at radius 2 is 1.87 bits per heavy atom. The number of amides is 1. The summed E-state index contributed by atoms with van der Waals surface area (Å²) < 4.78 is 13.0. The first-order valence-corrected chi connectivity index (χ1v) is 7.99. The summed E-state index contributed by atoms with van der Waals surface area (Å²) in [5, 5.41) is 3.01. The number of nitrogens with one attached hydrogen (secondary N) is 1. The number of halogens is 1. The van der Waals surface area contributed by atoms with E-state index in [1.165, 1.54) is 6.42 Å². The number of rotatable bonds is 3. The average molecular weight is 311 g/mol. The van der Waals surface area contributed by atoms with Gasteiger partial charge in [0.1, 0.15) is 0 Å². The monoisotopic (exact) mass is 311 g/mol. The van der Waals surface area contributed by atoms with Crippen molar-refractivity contribution in [3.05, 3.63) is 42.0 Å². The van der Waals surface area contributed by atoms with E-state index in [4.69, 9.17) is 0 Å². The summed E-state index contributed by atoms with van der Waals surface area (Å²) in [4.78, 5) is 20.4. The van der Waals surface area contributed by atoms with Crippen LogP contribution in [0.3, 0.4) is 0 Å². The number of hydrogen-bond donors (Lipinski definition) is 1. The largest absolute Gasteiger partial charge is 0.326 e. The molecule has 2 fully saturated rings. The molecule has 118 valence electrons. The van der Waals surface area contributed by atoms with Crippen molar-refractivity contribution >= 4 is 11.6 Å². The number of carbonyl (C=O) groups is 1. The lowest BCUT2D eigenvalue weighted by atomic mass is 10.0. The second-order valence-electron chi connectivity index (χ2n) is 6.67. The molecule has 0 bridgehead atoms. The summed E-state index contributed by atoms with van der Waals surface area (Å²) in [6.07, 6.45) is 5.66. The van der Waals surface area contributed by atoms with Gasteiger partial charge in [0.25, 0.3) is 0 Å². The Labute approximate surface area is 134 Å². The van der Waals surface area contributed by atoms with E-state index in [2.05, 4.69) is 15.3 Å². The van der Waals surface area contributed by atoms with Gasteiger partial charge in [-0.05, 0) is 55.7 Å². The van der Waals surface area contributed by atoms with Crippen LogP contribution >= 0.6 is 0 Å². The Bertz CT molecular complexity index is 749. The van der Waals surface area contributed by atoms with Crippen LogP contribution in [0.2, 0.25) is 0 Å². The molecule has 0 aliphatic heterocycles. The number of fused-ring (bicyclic) bond motifs is 1. The van der Waals surface area contributed by atoms with Crippen LogP contribution in [0.1, 0.15) is 24.8 Å². The van der Waals surface area contributed by atoms with Crippen molar-refractivity contribution in [1.82, 2.24) is 9.97 Å². The van der Waals surface area contributed by atoms with Crippen molar-refractivity contribution in [2.75, 3.05) is 5.32 Å². The van der Waals surface area contributed by atoms with Crippen molar-refractivity contribution in [3.63, 3.8) is 0 Å². The lowest BCUT2D eigenvalue weighted by Crippen LogP contribution is -2.21. The Morgan fingerprint density at radius 1 is 1.17 bits per heavy atom. The van der Waals surface area contributed by atoms with Gasteiger partial charge in [-0.2, -0.15) is 0 Å². The number of anilines is 1. The number of benzene rings is 1. The average Bonchev–Trinajstić information content (AvgIpc) is 3.16. The summed E-state index contributed by atoms with van der Waals surface area (Å²) in [7, 11) is 0. The third kappa shape index (κ3) is 2.83. The molecule has 4 rings (SSSR count). The highest BCUT2D eigenvalue weighted by atomic mass is 19.1. The Balaban J connectivity index is 1.54. The molecule has 1 N–H and O–H groups in total. The van der Waals surface area contributed by atoms with Gasteiger partial charge in [-0.15, -0.1) is 0 Å². The molecular weight excluding hydrogens is 293 g/mol. The topological polar surface area (TPSA) is 54.9 Å². The quantitative estimate of drug-likeness (QED) is 0.942. The van der Waals surface area contributed by atoms with E-state index in [0.29, 0.717) is 5.82 Å². The molecule has 5 heteroatoms. The Kier molecular flexibility index (Phi) is 3.36. The van der Waals surface area contributed by atoms with E-state index in [1.807, 2.05) is 25.1 Å². The zero-order valence-electron chi connectivity index (χ0n) is 12.9. The highest BCUT2D eigenvalue weighted by molar-refractivity contribution is 5.93. The maximum Gasteiger partial charge on any atom is 0.227 e. The number of aryl methyl sites for hydroxylation is 1. The van der Waals surface area contributed by atoms with E-state index in [1.54, 1.807) is 0 Å². The summed E-state index contributed by atoms with van der Waals surface area (Å²) in [5.74, 6) is 1.81. The highest BCUT2D eigenvalue weighted by Gasteiger charge is 2.47. The molecule has 2 aliphatic carbocycles. The standard InChI is InChI=1S/C18H18FN3O/c1-10-2-3-15(7-16(10)17-20-8-14(19)9-21-17)22-18(23)13-5-11-4-12(11)6-13/h2-3,7-9,11-13H,4-6H2,1H3,(H,22,23)/t11-,12?,13?/m0/s1. The van der Waals surface area contributed by atoms with Crippen LogP contribution in [0.5, 0.6) is 0 Å². The molecule has 2 aromatic rings. The molecular formula is C18H18FN3O. The molecule has 1 amide bonds. The lowest BCUT2D eigenvalue weighted by Gasteiger charge is -2.14. The van der Waals surface area contributed by atoms with Crippen LogP contribution in [0.15, 0.2) is 30.6 Å². The normalized spacial score (nSPS) is 25.0. The van der Waals surface area contributed by atoms with Crippen molar-refractivity contribution in [3.8, 4) is 11.4 Å². The first kappa shape index (κ1) is 14.3. The van der Waals surface area contributed by atoms with Crippen molar-refractivity contribution in [1.29, 1.82) is 0 Å². The van der Waals surface area contributed by atoms with E-state index >= 15 is 0 Å². The fraction of sp³-hybridized carbons (Fsp3) is 0.389. The zero-order valence-corrected chi connectivity index (χ0v) is 12.9. The molecule has 2 unspecified atom stereocenters. The molecule has 1 heterocycles. The molecule has 2 saturated carbocycles. The van der Waals surface area contributed by atoms with Crippen LogP contribution in [0.4, 0.5) is 10.1 Å². The van der Waals surface area contributed by atoms with E-state index in [9.17, 15) is 9.18 Å². The van der Waals surface area contributed by atoms with Crippen LogP contribution in [0, 0.1) is 30.5 Å². The molecule has 4 nitrogen and oxygen atoms in total. The maximum absolute atomic E-state index is 13.0. The van der Waals surface area contributed by atoms with Gasteiger partial charge in [0, 0.05) is 17.2 Å². The molecule has 1 aromatic heterocycles. The van der Waals surface area contributed by atoms with Gasteiger partial charge in [-0.1, -0.05) is 6.07 Å². The second-order valence-corrected chi connectivity index (χ2v) is 6.67. The minimum absolute atomic E-state index is 0.104. The third-order valence-electron chi connectivity index (χ3n) is 4.98. The van der Waals surface area contributed by atoms with Crippen molar-refractivity contribution in [2.45, 2.75) is 26.2 Å². The van der Waals surface area contributed by atoms with Gasteiger partial charge in [-0.25, -0.2) is 14.4 Å². The van der Waals surface area contributed by atoms with Gasteiger partial charge < -0.3 is 5.32 Å². The van der Waals surface area contributed by atoms with E-state index in [-0.39, 0.29) is 11.8 Å². The molecule has 2 aliphatic rings. The summed E-state index contributed by atoms with van der Waals surface area (Å²) in [6, 6.07) is 5.66. The van der Waals surface area contributed by atoms with E-state index in [0.717, 1.165) is 53.9 Å². The van der Waals surface area contributed by atoms with Crippen LogP contribution in [-0.2, 0) is 4.79 Å². The van der Waals surface area contributed by atoms with Crippen molar-refractivity contribution < 1.29 is 9.18 Å². The van der Waals surface area contributed by atoms with Gasteiger partial charge in [-0.3, -0.25) is 4.79 Å². The third-order valence-corrected chi connectivity index (χ3v) is 4.98. The fourth-order valence-corrected chi connectivity index (χ4v) is 3.57. The molecule has 0 radical (unpaired) electrons. The van der Waals surface area contributed by atoms with E-state index < -0.39 is 5.82 Å². The van der Waals surface area contributed by atoms with Crippen molar-refractivity contribution in [2.24, 2.45) is 17.8 Å². The van der Waals surface area contributed by atoms with Gasteiger partial charge in [0.15, 0.2) is 11.6 Å². The number of nitrogens with zero attached hydrogens (tertiary/aromatic N) is 2. The molecule has 23 heavy (non-hydrogen) atoms. The number of hydrogen-bond acceptors (Lipinski definition) is 3. The molecule has 0 spiro atoms. The molecule has 3 atom stereocenters. The smallest absolute Gasteiger partial charge is 0.227 e. The Hall–Kier alpha value is -2.30. The number of carbonyl (C=O) groups excluding carboxylic acids is 1. The minimum Gasteiger partial charge on any atom is -0.326 e. The summed E-state index contributed by atoms with van der Waals surface area (Å²) in [5.41, 5.74) is 2.53. The Morgan fingerprint density at radius 3 is 2.57 bits per heavy atom. The summed E-state index contributed by atoms with van der Waals surface area (Å²) in [6.45, 7) is 1.94. The zero-order chi connectivity index (χ0) is 16.0. The first-order chi connectivity index (χ1) is 11.1. The predicted octanol–water partition coefficient (Wildman–Crippen LogP) is 3.58. The second kappa shape index (κ2) is 5.41. The highest BCUT2D eigenvalue weighted by Crippen LogP contribution is 2.54. The van der Waals surface area contributed by atoms with Gasteiger partial charge >= 0.3 is 0 Å². The maximum atomic E-state index is 13.0. The van der Waals surface area contributed by atoms with Crippen LogP contribution in [0.25, 0.3) is 11.4 Å². The van der Waals surface area contributed by atoms with Crippen LogP contribution < -0.4 is 5.32 Å². The van der Waals surface area contributed by atoms with Crippen LogP contribution in [-0.4, -0.2) is 15.9 Å². The minimum atomic E-state index is -0.462. The fourth-order valence-electron chi connectivity index (χ4n) is 3.57. The lowest BCUT2D eigenvalue weighted by molar-refractivity contribution is -0.120. The van der Waals surface area contributed by atoms with Gasteiger partial charge in [0.05, 0.1) is 12.4 Å². The van der Waals surface area contributed by atoms with Gasteiger partial charge in [0.2, 0.25) is 5.91 Å². The predicted molar refractivity (Wildman–Crippen MR) is 85.1 cm³/mol. The number of aromatic nitrogens is 2. The molecule has 1 aromatic carbocycles.